The van der Waals surface area contributed by atoms with Gasteiger partial charge in [0.05, 0.1) is 6.54 Å². The van der Waals surface area contributed by atoms with Crippen LogP contribution in [0.1, 0.15) is 18.1 Å². The third-order valence-electron chi connectivity index (χ3n) is 3.94. The van der Waals surface area contributed by atoms with Gasteiger partial charge < -0.3 is 9.64 Å². The first-order valence-electron chi connectivity index (χ1n) is 7.57. The molecule has 0 N–H and O–H groups in total. The summed E-state index contributed by atoms with van der Waals surface area (Å²) in [7, 11) is 0. The Labute approximate surface area is 136 Å². The minimum absolute atomic E-state index is 0.306. The zero-order chi connectivity index (χ0) is 16.4. The highest BCUT2D eigenvalue weighted by Gasteiger charge is 2.24. The minimum atomic E-state index is -0.354. The van der Waals surface area contributed by atoms with Gasteiger partial charge in [-0.05, 0) is 24.6 Å². The topological polar surface area (TPSA) is 29.5 Å². The Morgan fingerprint density at radius 1 is 1.04 bits per heavy atom. The molecule has 0 aliphatic carbocycles. The molecule has 0 fully saturated rings. The summed E-state index contributed by atoms with van der Waals surface area (Å²) in [5.41, 5.74) is 5.82. The van der Waals surface area contributed by atoms with E-state index in [9.17, 15) is 4.79 Å². The highest BCUT2D eigenvalue weighted by atomic mass is 16.5. The maximum atomic E-state index is 11.6. The van der Waals surface area contributed by atoms with Gasteiger partial charge in [-0.15, -0.1) is 0 Å². The Hall–Kier alpha value is -2.81. The summed E-state index contributed by atoms with van der Waals surface area (Å²) in [5, 5.41) is 0. The Bertz CT molecular complexity index is 742. The maximum absolute atomic E-state index is 11.6. The van der Waals surface area contributed by atoms with Crippen LogP contribution >= 0.6 is 0 Å². The number of nitrogens with zero attached hydrogens (tertiary/aromatic N) is 1. The molecule has 1 heterocycles. The molecule has 1 aliphatic rings. The molecule has 23 heavy (non-hydrogen) atoms. The van der Waals surface area contributed by atoms with Crippen LogP contribution in [0.15, 0.2) is 67.3 Å². The van der Waals surface area contributed by atoms with Crippen molar-refractivity contribution in [1.82, 2.24) is 0 Å². The molecule has 0 unspecified atom stereocenters. The van der Waals surface area contributed by atoms with Crippen LogP contribution in [0.25, 0.3) is 5.57 Å². The first-order chi connectivity index (χ1) is 11.1. The van der Waals surface area contributed by atoms with E-state index in [0.29, 0.717) is 18.7 Å². The van der Waals surface area contributed by atoms with E-state index in [1.54, 1.807) is 6.92 Å². The molecule has 0 atom stereocenters. The standard InChI is InChI=1S/C20H19NO2/c1-14(2)20(22)23-13-12-21-18-10-6-4-8-16(18)15(3)17-9-5-7-11-19(17)21/h4-11H,1,3,12-13H2,2H3. The van der Waals surface area contributed by atoms with Crippen LogP contribution in [0.2, 0.25) is 0 Å². The smallest absolute Gasteiger partial charge is 0.333 e. The third-order valence-corrected chi connectivity index (χ3v) is 3.94. The van der Waals surface area contributed by atoms with Crippen molar-refractivity contribution in [2.75, 3.05) is 18.1 Å². The van der Waals surface area contributed by atoms with Crippen molar-refractivity contribution in [2.45, 2.75) is 6.92 Å². The number of carbonyl (C=O) groups is 1. The summed E-state index contributed by atoms with van der Waals surface area (Å²) < 4.78 is 5.26. The maximum Gasteiger partial charge on any atom is 0.333 e. The second-order valence-electron chi connectivity index (χ2n) is 5.58. The van der Waals surface area contributed by atoms with Crippen molar-refractivity contribution in [2.24, 2.45) is 0 Å². The number of hydrogen-bond donors (Lipinski definition) is 0. The van der Waals surface area contributed by atoms with Crippen molar-refractivity contribution in [1.29, 1.82) is 0 Å². The number of ether oxygens (including phenoxy) is 1. The lowest BCUT2D eigenvalue weighted by molar-refractivity contribution is -0.138. The lowest BCUT2D eigenvalue weighted by Gasteiger charge is -2.34. The van der Waals surface area contributed by atoms with Crippen molar-refractivity contribution in [3.63, 3.8) is 0 Å². The molecule has 2 aromatic rings. The molecular formula is C20H19NO2. The van der Waals surface area contributed by atoms with Crippen molar-refractivity contribution >= 4 is 22.9 Å². The lowest BCUT2D eigenvalue weighted by Crippen LogP contribution is -2.27. The van der Waals surface area contributed by atoms with Gasteiger partial charge in [0.2, 0.25) is 0 Å². The predicted molar refractivity (Wildman–Crippen MR) is 93.8 cm³/mol. The molecule has 0 saturated carbocycles. The van der Waals surface area contributed by atoms with Crippen LogP contribution < -0.4 is 4.90 Å². The zero-order valence-electron chi connectivity index (χ0n) is 13.2. The first kappa shape index (κ1) is 15.1. The number of esters is 1. The summed E-state index contributed by atoms with van der Waals surface area (Å²) in [6.07, 6.45) is 0. The molecule has 0 saturated heterocycles. The fraction of sp³-hybridized carbons (Fsp3) is 0.150. The SMILES string of the molecule is C=C(C)C(=O)OCCN1c2ccccc2C(=C)c2ccccc21. The van der Waals surface area contributed by atoms with Gasteiger partial charge in [0.15, 0.2) is 0 Å². The average molecular weight is 305 g/mol. The molecule has 0 spiro atoms. The van der Waals surface area contributed by atoms with Gasteiger partial charge in [0.1, 0.15) is 6.61 Å². The average Bonchev–Trinajstić information content (AvgIpc) is 2.57. The van der Waals surface area contributed by atoms with Crippen molar-refractivity contribution in [3.05, 3.63) is 78.4 Å². The number of rotatable bonds is 4. The van der Waals surface area contributed by atoms with Gasteiger partial charge in [0.25, 0.3) is 0 Å². The summed E-state index contributed by atoms with van der Waals surface area (Å²) in [4.78, 5) is 13.7. The summed E-state index contributed by atoms with van der Waals surface area (Å²) in [5.74, 6) is -0.354. The first-order valence-corrected chi connectivity index (χ1v) is 7.57. The lowest BCUT2D eigenvalue weighted by atomic mass is 9.91. The van der Waals surface area contributed by atoms with Gasteiger partial charge in [-0.1, -0.05) is 49.6 Å². The molecule has 1 aliphatic heterocycles. The molecule has 3 nitrogen and oxygen atoms in total. The van der Waals surface area contributed by atoms with Gasteiger partial charge >= 0.3 is 5.97 Å². The molecule has 116 valence electrons. The number of carbonyl (C=O) groups excluding carboxylic acids is 1. The van der Waals surface area contributed by atoms with Crippen LogP contribution in [0.3, 0.4) is 0 Å². The fourth-order valence-electron chi connectivity index (χ4n) is 2.80. The molecule has 3 heteroatoms. The Kier molecular flexibility index (Phi) is 4.02. The van der Waals surface area contributed by atoms with Crippen LogP contribution in [-0.2, 0) is 9.53 Å². The summed E-state index contributed by atoms with van der Waals surface area (Å²) >= 11 is 0. The van der Waals surface area contributed by atoms with Crippen LogP contribution in [0.5, 0.6) is 0 Å². The number of fused-ring (bicyclic) bond motifs is 2. The fourth-order valence-corrected chi connectivity index (χ4v) is 2.80. The molecule has 3 rings (SSSR count). The van der Waals surface area contributed by atoms with Gasteiger partial charge in [0, 0.05) is 28.1 Å². The largest absolute Gasteiger partial charge is 0.460 e. The molecular weight excluding hydrogens is 286 g/mol. The summed E-state index contributed by atoms with van der Waals surface area (Å²) in [6.45, 7) is 10.4. The number of benzene rings is 2. The predicted octanol–water partition coefficient (Wildman–Crippen LogP) is 4.32. The van der Waals surface area contributed by atoms with E-state index >= 15 is 0 Å². The van der Waals surface area contributed by atoms with Crippen LogP contribution in [0, 0.1) is 0 Å². The number of para-hydroxylation sites is 2. The second kappa shape index (κ2) is 6.13. The molecule has 2 aromatic carbocycles. The van der Waals surface area contributed by atoms with E-state index in [1.807, 2.05) is 24.3 Å². The quantitative estimate of drug-likeness (QED) is 0.622. The van der Waals surface area contributed by atoms with Gasteiger partial charge in [-0.2, -0.15) is 0 Å². The van der Waals surface area contributed by atoms with Crippen LogP contribution in [0.4, 0.5) is 11.4 Å². The normalized spacial score (nSPS) is 12.4. The zero-order valence-corrected chi connectivity index (χ0v) is 13.2. The highest BCUT2D eigenvalue weighted by Crippen LogP contribution is 2.43. The highest BCUT2D eigenvalue weighted by molar-refractivity contribution is 5.96. The Balaban J connectivity index is 1.91. The Morgan fingerprint density at radius 3 is 2.09 bits per heavy atom. The van der Waals surface area contributed by atoms with E-state index < -0.39 is 0 Å². The number of hydrogen-bond acceptors (Lipinski definition) is 3. The number of anilines is 2. The second-order valence-corrected chi connectivity index (χ2v) is 5.58. The Morgan fingerprint density at radius 2 is 1.57 bits per heavy atom. The van der Waals surface area contributed by atoms with Crippen LogP contribution in [-0.4, -0.2) is 19.1 Å². The third kappa shape index (κ3) is 2.78. The molecule has 0 amide bonds. The van der Waals surface area contributed by atoms with E-state index in [1.165, 1.54) is 0 Å². The van der Waals surface area contributed by atoms with E-state index in [0.717, 1.165) is 28.1 Å². The van der Waals surface area contributed by atoms with Crippen molar-refractivity contribution < 1.29 is 9.53 Å². The molecule has 0 bridgehead atoms. The monoisotopic (exact) mass is 305 g/mol. The van der Waals surface area contributed by atoms with E-state index in [4.69, 9.17) is 4.74 Å². The van der Waals surface area contributed by atoms with E-state index in [2.05, 4.69) is 42.3 Å². The van der Waals surface area contributed by atoms with E-state index in [-0.39, 0.29) is 5.97 Å². The minimum Gasteiger partial charge on any atom is -0.460 e. The summed E-state index contributed by atoms with van der Waals surface area (Å²) in [6, 6.07) is 16.3. The van der Waals surface area contributed by atoms with Gasteiger partial charge in [-0.25, -0.2) is 4.79 Å². The molecule has 0 radical (unpaired) electrons. The molecule has 0 aromatic heterocycles. The van der Waals surface area contributed by atoms with Crippen molar-refractivity contribution in [3.8, 4) is 0 Å². The van der Waals surface area contributed by atoms with Gasteiger partial charge in [-0.3, -0.25) is 0 Å².